The van der Waals surface area contributed by atoms with Crippen molar-refractivity contribution in [2.75, 3.05) is 19.6 Å². The Morgan fingerprint density at radius 1 is 0.872 bits per heavy atom. The Labute approximate surface area is 230 Å². The number of nitrogens with one attached hydrogen (secondary N) is 1. The summed E-state index contributed by atoms with van der Waals surface area (Å²) in [6.45, 7) is 5.86. The van der Waals surface area contributed by atoms with E-state index < -0.39 is 5.97 Å². The van der Waals surface area contributed by atoms with Gasteiger partial charge in [0.1, 0.15) is 0 Å². The molecule has 2 N–H and O–H groups in total. The summed E-state index contributed by atoms with van der Waals surface area (Å²) in [6, 6.07) is 25.8. The lowest BCUT2D eigenvalue weighted by molar-refractivity contribution is -0.137. The number of piperazine rings is 1. The molecule has 1 saturated heterocycles. The van der Waals surface area contributed by atoms with Crippen LogP contribution in [0.5, 0.6) is 0 Å². The van der Waals surface area contributed by atoms with Gasteiger partial charge in [0.2, 0.25) is 0 Å². The van der Waals surface area contributed by atoms with Gasteiger partial charge in [0.25, 0.3) is 5.91 Å². The number of carbonyl (C=O) groups excluding carboxylic acids is 1. The molecule has 1 heterocycles. The van der Waals surface area contributed by atoms with Gasteiger partial charge in [-0.25, -0.2) is 0 Å². The van der Waals surface area contributed by atoms with Crippen LogP contribution in [-0.2, 0) is 4.79 Å². The Hall–Kier alpha value is -4.10. The number of benzene rings is 3. The van der Waals surface area contributed by atoms with E-state index in [9.17, 15) is 9.59 Å². The van der Waals surface area contributed by atoms with E-state index in [1.165, 1.54) is 5.56 Å². The lowest BCUT2D eigenvalue weighted by atomic mass is 10.0. The van der Waals surface area contributed by atoms with Crippen molar-refractivity contribution in [1.82, 2.24) is 10.2 Å². The van der Waals surface area contributed by atoms with Gasteiger partial charge in [-0.3, -0.25) is 19.6 Å². The van der Waals surface area contributed by atoms with Crippen LogP contribution >= 0.6 is 0 Å². The monoisotopic (exact) mass is 524 g/mol. The van der Waals surface area contributed by atoms with Gasteiger partial charge in [-0.05, 0) is 62.4 Å². The van der Waals surface area contributed by atoms with Crippen LogP contribution in [0.2, 0.25) is 0 Å². The molecule has 0 bridgehead atoms. The van der Waals surface area contributed by atoms with Crippen molar-refractivity contribution in [1.29, 1.82) is 0 Å². The van der Waals surface area contributed by atoms with Crippen molar-refractivity contribution in [3.05, 3.63) is 95.6 Å². The predicted octanol–water partition coefficient (Wildman–Crippen LogP) is 6.35. The first-order valence-corrected chi connectivity index (χ1v) is 13.5. The first-order chi connectivity index (χ1) is 18.9. The number of carboxylic acid groups (broad SMARTS) is 1. The van der Waals surface area contributed by atoms with Crippen LogP contribution in [0.25, 0.3) is 0 Å². The molecule has 0 radical (unpaired) electrons. The lowest BCUT2D eigenvalue weighted by Crippen LogP contribution is -2.48. The van der Waals surface area contributed by atoms with Crippen LogP contribution in [0.1, 0.15) is 67.1 Å². The molecular weight excluding hydrogens is 488 g/mol. The van der Waals surface area contributed by atoms with E-state index in [2.05, 4.69) is 17.4 Å². The highest BCUT2D eigenvalue weighted by Crippen LogP contribution is 2.31. The summed E-state index contributed by atoms with van der Waals surface area (Å²) < 4.78 is 0. The highest BCUT2D eigenvalue weighted by molar-refractivity contribution is 6.02. The van der Waals surface area contributed by atoms with Gasteiger partial charge in [0, 0.05) is 49.1 Å². The molecule has 1 unspecified atom stereocenters. The first kappa shape index (κ1) is 27.9. The number of nitrogens with zero attached hydrogens (tertiary/aromatic N) is 3. The second kappa shape index (κ2) is 13.6. The summed E-state index contributed by atoms with van der Waals surface area (Å²) in [5.41, 5.74) is 5.84. The molecule has 1 atom stereocenters. The molecule has 3 aromatic carbocycles. The van der Waals surface area contributed by atoms with Crippen molar-refractivity contribution in [2.45, 2.75) is 45.6 Å². The Kier molecular flexibility index (Phi) is 9.75. The number of hydrogen-bond donors (Lipinski definition) is 2. The van der Waals surface area contributed by atoms with Crippen molar-refractivity contribution in [2.24, 2.45) is 9.98 Å². The van der Waals surface area contributed by atoms with Crippen molar-refractivity contribution >= 4 is 34.7 Å². The van der Waals surface area contributed by atoms with E-state index >= 15 is 0 Å². The third-order valence-electron chi connectivity index (χ3n) is 6.86. The molecule has 0 saturated carbocycles. The second-order valence-electron chi connectivity index (χ2n) is 9.88. The predicted molar refractivity (Wildman–Crippen MR) is 157 cm³/mol. The number of unbranched alkanes of at least 4 members (excludes halogenated alkanes) is 1. The van der Waals surface area contributed by atoms with Gasteiger partial charge >= 0.3 is 5.97 Å². The Balaban J connectivity index is 1.59. The molecule has 202 valence electrons. The largest absolute Gasteiger partial charge is 0.481 e. The molecule has 1 aliphatic heterocycles. The zero-order chi connectivity index (χ0) is 27.6. The third-order valence-corrected chi connectivity index (χ3v) is 6.86. The van der Waals surface area contributed by atoms with Crippen LogP contribution in [0.3, 0.4) is 0 Å². The summed E-state index contributed by atoms with van der Waals surface area (Å²) in [7, 11) is 0. The lowest BCUT2D eigenvalue weighted by Gasteiger charge is -2.34. The fraction of sp³-hybridized carbons (Fsp3) is 0.312. The van der Waals surface area contributed by atoms with Gasteiger partial charge < -0.3 is 15.3 Å². The summed E-state index contributed by atoms with van der Waals surface area (Å²) in [5, 5.41) is 12.4. The van der Waals surface area contributed by atoms with Crippen LogP contribution < -0.4 is 5.32 Å². The standard InChI is InChI=1S/C32H36N4O3/c1-23(11-9-10-16-31(37)38)34-29-21-27(17-18-28(29)35-24(2)25-12-5-3-6-13-25)32(39)36-20-19-33-30(22-36)26-14-7-4-8-15-26/h3-8,12-15,17-18,21,30,33H,9-11,16,19-20,22H2,1-2H3,(H,37,38). The summed E-state index contributed by atoms with van der Waals surface area (Å²) in [4.78, 5) is 36.1. The quantitative estimate of drug-likeness (QED) is 0.239. The van der Waals surface area contributed by atoms with Crippen LogP contribution in [0.15, 0.2) is 88.8 Å². The Morgan fingerprint density at radius 2 is 1.56 bits per heavy atom. The molecule has 0 aromatic heterocycles. The molecule has 7 heteroatoms. The summed E-state index contributed by atoms with van der Waals surface area (Å²) >= 11 is 0. The van der Waals surface area contributed by atoms with Crippen LogP contribution in [0.4, 0.5) is 11.4 Å². The number of amides is 1. The zero-order valence-corrected chi connectivity index (χ0v) is 22.6. The van der Waals surface area contributed by atoms with Gasteiger partial charge in [0.15, 0.2) is 0 Å². The summed E-state index contributed by atoms with van der Waals surface area (Å²) in [5.74, 6) is -0.811. The topological polar surface area (TPSA) is 94.4 Å². The molecule has 3 aromatic rings. The first-order valence-electron chi connectivity index (χ1n) is 13.5. The van der Waals surface area contributed by atoms with Crippen molar-refractivity contribution < 1.29 is 14.7 Å². The maximum absolute atomic E-state index is 13.6. The average Bonchev–Trinajstić information content (AvgIpc) is 2.96. The van der Waals surface area contributed by atoms with E-state index in [4.69, 9.17) is 15.1 Å². The smallest absolute Gasteiger partial charge is 0.303 e. The van der Waals surface area contributed by atoms with Gasteiger partial charge in [-0.2, -0.15) is 0 Å². The number of carboxylic acids is 1. The minimum atomic E-state index is -0.786. The maximum Gasteiger partial charge on any atom is 0.303 e. The van der Waals surface area contributed by atoms with E-state index in [-0.39, 0.29) is 18.4 Å². The third kappa shape index (κ3) is 7.94. The van der Waals surface area contributed by atoms with Crippen LogP contribution in [-0.4, -0.2) is 52.9 Å². The highest BCUT2D eigenvalue weighted by atomic mass is 16.4. The van der Waals surface area contributed by atoms with Crippen molar-refractivity contribution in [3.8, 4) is 0 Å². The SMILES string of the molecule is CC(CCCCC(=O)O)=Nc1cc(C(=O)N2CCNC(c3ccccc3)C2)ccc1N=C(C)c1ccccc1. The van der Waals surface area contributed by atoms with E-state index in [0.717, 1.165) is 30.0 Å². The molecule has 0 spiro atoms. The molecule has 1 amide bonds. The molecule has 39 heavy (non-hydrogen) atoms. The number of rotatable bonds is 10. The van der Waals surface area contributed by atoms with Gasteiger partial charge in [0.05, 0.1) is 11.4 Å². The fourth-order valence-corrected chi connectivity index (χ4v) is 4.71. The summed E-state index contributed by atoms with van der Waals surface area (Å²) in [6.07, 6.45) is 2.18. The zero-order valence-electron chi connectivity index (χ0n) is 22.6. The number of aliphatic imine (C=N–C) groups is 2. The molecule has 1 fully saturated rings. The number of hydrogen-bond acceptors (Lipinski definition) is 5. The molecular formula is C32H36N4O3. The van der Waals surface area contributed by atoms with E-state index in [1.54, 1.807) is 0 Å². The molecule has 4 rings (SSSR count). The highest BCUT2D eigenvalue weighted by Gasteiger charge is 2.25. The van der Waals surface area contributed by atoms with Gasteiger partial charge in [-0.15, -0.1) is 0 Å². The van der Waals surface area contributed by atoms with Gasteiger partial charge in [-0.1, -0.05) is 60.7 Å². The number of carbonyl (C=O) groups is 2. The number of aliphatic carboxylic acids is 1. The molecule has 1 aliphatic rings. The maximum atomic E-state index is 13.6. The van der Waals surface area contributed by atoms with E-state index in [0.29, 0.717) is 42.9 Å². The Morgan fingerprint density at radius 3 is 2.28 bits per heavy atom. The van der Waals surface area contributed by atoms with Crippen LogP contribution in [0, 0.1) is 0 Å². The second-order valence-corrected chi connectivity index (χ2v) is 9.88. The fourth-order valence-electron chi connectivity index (χ4n) is 4.71. The van der Waals surface area contributed by atoms with Crippen molar-refractivity contribution in [3.63, 3.8) is 0 Å². The molecule has 0 aliphatic carbocycles. The van der Waals surface area contributed by atoms with E-state index in [1.807, 2.05) is 85.5 Å². The normalized spacial score (nSPS) is 16.3. The average molecular weight is 525 g/mol. The Bertz CT molecular complexity index is 1340. The molecule has 7 nitrogen and oxygen atoms in total. The minimum Gasteiger partial charge on any atom is -0.481 e. The minimum absolute atomic E-state index is 0.0247.